The lowest BCUT2D eigenvalue weighted by Gasteiger charge is -2.38. The molecule has 3 aromatic carbocycles. The number of amides is 2. The van der Waals surface area contributed by atoms with Gasteiger partial charge >= 0.3 is 0 Å². The van der Waals surface area contributed by atoms with Crippen LogP contribution in [0.15, 0.2) is 60.7 Å². The van der Waals surface area contributed by atoms with Gasteiger partial charge in [0.05, 0.1) is 18.2 Å². The highest BCUT2D eigenvalue weighted by Gasteiger charge is 2.36. The molecule has 4 aromatic rings. The van der Waals surface area contributed by atoms with Crippen LogP contribution in [0.3, 0.4) is 0 Å². The Morgan fingerprint density at radius 2 is 1.85 bits per heavy atom. The highest BCUT2D eigenvalue weighted by Crippen LogP contribution is 2.40. The fraction of sp³-hybridized carbons (Fsp3) is 0.281. The monoisotopic (exact) mass is 550 g/mol. The zero-order valence-corrected chi connectivity index (χ0v) is 22.5. The first kappa shape index (κ1) is 25.2. The van der Waals surface area contributed by atoms with Crippen LogP contribution in [0.25, 0.3) is 0 Å². The first-order chi connectivity index (χ1) is 20.0. The van der Waals surface area contributed by atoms with Crippen molar-refractivity contribution in [3.63, 3.8) is 0 Å². The number of nitrogens with zero attached hydrogens (tertiary/aromatic N) is 2. The van der Waals surface area contributed by atoms with Crippen LogP contribution in [0, 0.1) is 0 Å². The smallest absolute Gasteiger partial charge is 0.275 e. The molecule has 4 heterocycles. The van der Waals surface area contributed by atoms with Gasteiger partial charge in [-0.15, -0.1) is 0 Å². The van der Waals surface area contributed by atoms with Crippen LogP contribution in [0.5, 0.6) is 23.0 Å². The molecule has 0 saturated carbocycles. The van der Waals surface area contributed by atoms with Crippen molar-refractivity contribution in [1.29, 1.82) is 0 Å². The van der Waals surface area contributed by atoms with Crippen LogP contribution in [-0.2, 0) is 19.3 Å². The topological polar surface area (TPSA) is 117 Å². The second-order valence-electron chi connectivity index (χ2n) is 10.7. The highest BCUT2D eigenvalue weighted by atomic mass is 16.5. The molecular formula is C32H30N4O5. The zero-order chi connectivity index (χ0) is 27.9. The predicted molar refractivity (Wildman–Crippen MR) is 151 cm³/mol. The number of hydrogen-bond acceptors (Lipinski definition) is 6. The number of aryl methyl sites for hydroxylation is 1. The molecule has 3 N–H and O–H groups in total. The number of ether oxygens (including phenoxy) is 2. The van der Waals surface area contributed by atoms with Crippen LogP contribution in [-0.4, -0.2) is 51.7 Å². The number of rotatable bonds is 1. The van der Waals surface area contributed by atoms with Crippen LogP contribution >= 0.6 is 0 Å². The number of aromatic nitrogens is 2. The lowest BCUT2D eigenvalue weighted by molar-refractivity contribution is 0.0686. The van der Waals surface area contributed by atoms with E-state index < -0.39 is 0 Å². The maximum absolute atomic E-state index is 14.0. The largest absolute Gasteiger partial charge is 0.507 e. The Morgan fingerprint density at radius 1 is 0.976 bits per heavy atom. The van der Waals surface area contributed by atoms with Gasteiger partial charge < -0.3 is 24.8 Å². The number of aromatic hydroxyl groups is 1. The quantitative estimate of drug-likeness (QED) is 0.317. The van der Waals surface area contributed by atoms with E-state index in [0.717, 1.165) is 47.2 Å². The summed E-state index contributed by atoms with van der Waals surface area (Å²) in [6.07, 6.45) is 4.06. The van der Waals surface area contributed by atoms with Gasteiger partial charge in [-0.1, -0.05) is 18.2 Å². The molecule has 0 fully saturated rings. The summed E-state index contributed by atoms with van der Waals surface area (Å²) >= 11 is 0. The highest BCUT2D eigenvalue weighted by molar-refractivity contribution is 5.97. The van der Waals surface area contributed by atoms with Crippen molar-refractivity contribution >= 4 is 11.8 Å². The number of phenols is 1. The fourth-order valence-corrected chi connectivity index (χ4v) is 6.11. The van der Waals surface area contributed by atoms with Crippen molar-refractivity contribution in [2.24, 2.45) is 0 Å². The predicted octanol–water partition coefficient (Wildman–Crippen LogP) is 4.70. The number of hydrogen-bond donors (Lipinski definition) is 3. The van der Waals surface area contributed by atoms with E-state index in [1.807, 2.05) is 47.4 Å². The standard InChI is InChI=1S/C32H30N4O5/c37-28-11-9-23-18-26(28)31(38)33-13-3-15-40-21-5-1-4-20(17-21)30-24-10-8-22(41-23)16-19(24)12-14-36(30)32(39)29-25-6-2-7-27(25)34-35-29/h1,4-5,8-11,16-18,30,37H,2-3,6-7,12-15H2,(H,33,38)(H,34,35). The Labute approximate surface area is 237 Å². The number of carbonyl (C=O) groups excluding carboxylic acids is 2. The third kappa shape index (κ3) is 4.67. The van der Waals surface area contributed by atoms with Gasteiger partial charge in [-0.05, 0) is 91.3 Å². The Morgan fingerprint density at radius 3 is 2.78 bits per heavy atom. The molecule has 1 unspecified atom stereocenters. The number of carbonyl (C=O) groups is 2. The molecule has 208 valence electrons. The molecule has 1 atom stereocenters. The number of fused-ring (bicyclic) bond motifs is 7. The van der Waals surface area contributed by atoms with E-state index in [2.05, 4.69) is 15.5 Å². The van der Waals surface area contributed by atoms with Crippen LogP contribution in [0.4, 0.5) is 0 Å². The van der Waals surface area contributed by atoms with E-state index in [-0.39, 0.29) is 29.2 Å². The second-order valence-corrected chi connectivity index (χ2v) is 10.7. The minimum Gasteiger partial charge on any atom is -0.507 e. The van der Waals surface area contributed by atoms with Gasteiger partial charge in [0.15, 0.2) is 5.69 Å². The molecule has 0 spiro atoms. The number of benzene rings is 3. The Bertz CT molecular complexity index is 1660. The average Bonchev–Trinajstić information content (AvgIpc) is 3.61. The first-order valence-electron chi connectivity index (χ1n) is 14.1. The minimum absolute atomic E-state index is 0.0683. The summed E-state index contributed by atoms with van der Waals surface area (Å²) in [4.78, 5) is 28.7. The SMILES string of the molecule is O=C1NCCCOc2cccc(c2)C2c3ccc(cc3CCN2C(=O)c2n[nH]c3c2CCC3)Oc2ccc(O)c1c2. The Balaban J connectivity index is 1.31. The summed E-state index contributed by atoms with van der Waals surface area (Å²) in [5.41, 5.74) is 5.84. The van der Waals surface area contributed by atoms with Gasteiger partial charge in [0.1, 0.15) is 23.0 Å². The number of nitrogens with one attached hydrogen (secondary N) is 2. The lowest BCUT2D eigenvalue weighted by Crippen LogP contribution is -2.41. The molecule has 8 rings (SSSR count). The Hall–Kier alpha value is -4.79. The molecule has 1 aromatic heterocycles. The van der Waals surface area contributed by atoms with Gasteiger partial charge in [-0.3, -0.25) is 14.7 Å². The summed E-state index contributed by atoms with van der Waals surface area (Å²) in [7, 11) is 0. The maximum Gasteiger partial charge on any atom is 0.275 e. The average molecular weight is 551 g/mol. The summed E-state index contributed by atoms with van der Waals surface area (Å²) in [6.45, 7) is 1.30. The molecule has 8 bridgehead atoms. The van der Waals surface area contributed by atoms with Gasteiger partial charge in [-0.2, -0.15) is 5.10 Å². The van der Waals surface area contributed by atoms with E-state index in [9.17, 15) is 14.7 Å². The first-order valence-corrected chi connectivity index (χ1v) is 14.1. The van der Waals surface area contributed by atoms with E-state index in [4.69, 9.17) is 9.47 Å². The van der Waals surface area contributed by atoms with Crippen LogP contribution in [0.2, 0.25) is 0 Å². The van der Waals surface area contributed by atoms with Crippen molar-refractivity contribution in [1.82, 2.24) is 20.4 Å². The summed E-state index contributed by atoms with van der Waals surface area (Å²) in [6, 6.07) is 18.1. The molecule has 3 aliphatic heterocycles. The van der Waals surface area contributed by atoms with Crippen molar-refractivity contribution in [2.45, 2.75) is 38.1 Å². The number of H-pyrrole nitrogens is 1. The van der Waals surface area contributed by atoms with Crippen molar-refractivity contribution < 1.29 is 24.2 Å². The second kappa shape index (κ2) is 10.3. The van der Waals surface area contributed by atoms with Crippen molar-refractivity contribution in [2.75, 3.05) is 19.7 Å². The Kier molecular flexibility index (Phi) is 6.34. The molecule has 9 heteroatoms. The lowest BCUT2D eigenvalue weighted by atomic mass is 9.87. The summed E-state index contributed by atoms with van der Waals surface area (Å²) < 4.78 is 12.2. The van der Waals surface area contributed by atoms with Gasteiger partial charge in [-0.25, -0.2) is 0 Å². The molecular weight excluding hydrogens is 520 g/mol. The van der Waals surface area contributed by atoms with Crippen molar-refractivity contribution in [3.8, 4) is 23.0 Å². The van der Waals surface area contributed by atoms with E-state index in [1.54, 1.807) is 12.1 Å². The molecule has 1 aliphatic carbocycles. The normalized spacial score (nSPS) is 18.0. The molecule has 9 nitrogen and oxygen atoms in total. The minimum atomic E-state index is -0.378. The van der Waals surface area contributed by atoms with Gasteiger partial charge in [0.2, 0.25) is 0 Å². The molecule has 0 radical (unpaired) electrons. The van der Waals surface area contributed by atoms with E-state index >= 15 is 0 Å². The third-order valence-corrected chi connectivity index (χ3v) is 8.11. The summed E-state index contributed by atoms with van der Waals surface area (Å²) in [5, 5.41) is 20.7. The molecule has 41 heavy (non-hydrogen) atoms. The van der Waals surface area contributed by atoms with Crippen LogP contribution < -0.4 is 14.8 Å². The van der Waals surface area contributed by atoms with Gasteiger partial charge in [0.25, 0.3) is 11.8 Å². The van der Waals surface area contributed by atoms with E-state index in [1.165, 1.54) is 6.07 Å². The van der Waals surface area contributed by atoms with Crippen LogP contribution in [0.1, 0.15) is 67.7 Å². The summed E-state index contributed by atoms with van der Waals surface area (Å²) in [5.74, 6) is 1.19. The third-order valence-electron chi connectivity index (χ3n) is 8.11. The molecule has 4 aliphatic rings. The molecule has 2 amide bonds. The van der Waals surface area contributed by atoms with Crippen molar-refractivity contribution in [3.05, 3.63) is 99.9 Å². The number of phenolic OH excluding ortho intramolecular Hbond substituents is 1. The fourth-order valence-electron chi connectivity index (χ4n) is 6.11. The van der Waals surface area contributed by atoms with Gasteiger partial charge in [0, 0.05) is 24.3 Å². The van der Waals surface area contributed by atoms with E-state index in [0.29, 0.717) is 55.5 Å². The zero-order valence-electron chi connectivity index (χ0n) is 22.5. The maximum atomic E-state index is 14.0. The number of aromatic amines is 1. The molecule has 0 saturated heterocycles.